The summed E-state index contributed by atoms with van der Waals surface area (Å²) in [6, 6.07) is 6.53. The molecule has 2 atom stereocenters. The molecule has 0 unspecified atom stereocenters. The number of benzene rings is 1. The summed E-state index contributed by atoms with van der Waals surface area (Å²) in [6.07, 6.45) is -2.82. The van der Waals surface area contributed by atoms with Gasteiger partial charge in [0.25, 0.3) is 5.56 Å². The van der Waals surface area contributed by atoms with Gasteiger partial charge in [0, 0.05) is 6.04 Å². The molecule has 1 heterocycles. The van der Waals surface area contributed by atoms with Crippen LogP contribution in [-0.4, -0.2) is 22.2 Å². The summed E-state index contributed by atoms with van der Waals surface area (Å²) in [5.41, 5.74) is 0.230. The first-order valence-corrected chi connectivity index (χ1v) is 7.26. The van der Waals surface area contributed by atoms with Crippen molar-refractivity contribution in [2.24, 2.45) is 5.92 Å². The molecule has 0 saturated heterocycles. The zero-order valence-corrected chi connectivity index (χ0v) is 11.8. The van der Waals surface area contributed by atoms with Crippen LogP contribution in [0.2, 0.25) is 0 Å². The van der Waals surface area contributed by atoms with Gasteiger partial charge in [-0.25, -0.2) is 4.98 Å². The quantitative estimate of drug-likeness (QED) is 0.893. The standard InChI is InChI=1S/C15H16F3N3O/c16-15(17,18)9-4-3-5-10(8-9)19-14-20-12-7-2-1-6-11(12)13(22)21-14/h1-2,6-7,9-10H,3-5,8H2,(H2,19,20,21,22)/t9-,10-/m1/s1. The molecule has 0 radical (unpaired) electrons. The third kappa shape index (κ3) is 3.08. The fraction of sp³-hybridized carbons (Fsp3) is 0.467. The molecule has 4 nitrogen and oxygen atoms in total. The fourth-order valence-electron chi connectivity index (χ4n) is 2.97. The molecular weight excluding hydrogens is 295 g/mol. The molecule has 2 N–H and O–H groups in total. The van der Waals surface area contributed by atoms with Gasteiger partial charge in [0.15, 0.2) is 0 Å². The van der Waals surface area contributed by atoms with Gasteiger partial charge in [0.1, 0.15) is 0 Å². The van der Waals surface area contributed by atoms with E-state index in [-0.39, 0.29) is 30.4 Å². The lowest BCUT2D eigenvalue weighted by Gasteiger charge is -2.31. The van der Waals surface area contributed by atoms with Crippen molar-refractivity contribution in [3.05, 3.63) is 34.6 Å². The molecule has 0 spiro atoms. The minimum Gasteiger partial charge on any atom is -0.353 e. The van der Waals surface area contributed by atoms with Crippen LogP contribution >= 0.6 is 0 Å². The molecule has 22 heavy (non-hydrogen) atoms. The van der Waals surface area contributed by atoms with E-state index in [9.17, 15) is 18.0 Å². The van der Waals surface area contributed by atoms with Crippen LogP contribution in [0.1, 0.15) is 25.7 Å². The largest absolute Gasteiger partial charge is 0.391 e. The van der Waals surface area contributed by atoms with E-state index in [0.717, 1.165) is 0 Å². The van der Waals surface area contributed by atoms with Gasteiger partial charge in [-0.15, -0.1) is 0 Å². The molecule has 0 aliphatic heterocycles. The van der Waals surface area contributed by atoms with Crippen LogP contribution in [0.4, 0.5) is 19.1 Å². The monoisotopic (exact) mass is 311 g/mol. The Morgan fingerprint density at radius 2 is 2.00 bits per heavy atom. The third-order valence-electron chi connectivity index (χ3n) is 4.09. The number of fused-ring (bicyclic) bond motifs is 1. The van der Waals surface area contributed by atoms with Crippen LogP contribution in [0.5, 0.6) is 0 Å². The summed E-state index contributed by atoms with van der Waals surface area (Å²) in [7, 11) is 0. The highest BCUT2D eigenvalue weighted by atomic mass is 19.4. The number of alkyl halides is 3. The van der Waals surface area contributed by atoms with E-state index >= 15 is 0 Å². The second kappa shape index (κ2) is 5.62. The van der Waals surface area contributed by atoms with Crippen molar-refractivity contribution >= 4 is 16.9 Å². The van der Waals surface area contributed by atoms with Crippen molar-refractivity contribution in [2.75, 3.05) is 5.32 Å². The lowest BCUT2D eigenvalue weighted by Crippen LogP contribution is -2.35. The Labute approximate surface area is 124 Å². The summed E-state index contributed by atoms with van der Waals surface area (Å²) in [6.45, 7) is 0. The summed E-state index contributed by atoms with van der Waals surface area (Å²) >= 11 is 0. The van der Waals surface area contributed by atoms with Crippen LogP contribution in [-0.2, 0) is 0 Å². The highest BCUT2D eigenvalue weighted by Gasteiger charge is 2.42. The minimum absolute atomic E-state index is 0.0139. The predicted octanol–water partition coefficient (Wildman–Crippen LogP) is 3.46. The molecule has 1 aliphatic carbocycles. The first-order valence-electron chi connectivity index (χ1n) is 7.26. The molecule has 1 aliphatic rings. The van der Waals surface area contributed by atoms with Crippen LogP contribution in [0.3, 0.4) is 0 Å². The molecule has 0 bridgehead atoms. The average Bonchev–Trinajstić information content (AvgIpc) is 2.47. The summed E-state index contributed by atoms with van der Waals surface area (Å²) in [5.74, 6) is -1.05. The zero-order chi connectivity index (χ0) is 15.7. The average molecular weight is 311 g/mol. The molecule has 1 saturated carbocycles. The normalized spacial score (nSPS) is 22.7. The maximum Gasteiger partial charge on any atom is 0.391 e. The lowest BCUT2D eigenvalue weighted by atomic mass is 9.85. The molecule has 1 fully saturated rings. The number of aromatic amines is 1. The first-order chi connectivity index (χ1) is 10.4. The molecule has 1 aromatic carbocycles. The molecule has 3 rings (SSSR count). The number of para-hydroxylation sites is 1. The van der Waals surface area contributed by atoms with Crippen LogP contribution in [0.25, 0.3) is 10.9 Å². The van der Waals surface area contributed by atoms with E-state index in [1.807, 2.05) is 0 Å². The Balaban J connectivity index is 1.80. The maximum absolute atomic E-state index is 12.8. The van der Waals surface area contributed by atoms with Crippen molar-refractivity contribution in [1.29, 1.82) is 0 Å². The molecule has 1 aromatic heterocycles. The van der Waals surface area contributed by atoms with Gasteiger partial charge in [-0.05, 0) is 31.4 Å². The van der Waals surface area contributed by atoms with Crippen molar-refractivity contribution in [1.82, 2.24) is 9.97 Å². The number of nitrogens with zero attached hydrogens (tertiary/aromatic N) is 1. The van der Waals surface area contributed by atoms with Gasteiger partial charge >= 0.3 is 6.18 Å². The highest BCUT2D eigenvalue weighted by Crippen LogP contribution is 2.38. The minimum atomic E-state index is -4.16. The maximum atomic E-state index is 12.8. The Kier molecular flexibility index (Phi) is 3.80. The van der Waals surface area contributed by atoms with Crippen LogP contribution in [0, 0.1) is 5.92 Å². The number of halogens is 3. The molecule has 118 valence electrons. The van der Waals surface area contributed by atoms with E-state index in [1.165, 1.54) is 0 Å². The van der Waals surface area contributed by atoms with E-state index in [4.69, 9.17) is 0 Å². The number of nitrogens with one attached hydrogen (secondary N) is 2. The van der Waals surface area contributed by atoms with Crippen LogP contribution < -0.4 is 10.9 Å². The van der Waals surface area contributed by atoms with E-state index in [2.05, 4.69) is 15.3 Å². The van der Waals surface area contributed by atoms with Crippen molar-refractivity contribution < 1.29 is 13.2 Å². The van der Waals surface area contributed by atoms with Gasteiger partial charge in [0.05, 0.1) is 16.8 Å². The Bertz CT molecular complexity index is 726. The van der Waals surface area contributed by atoms with E-state index in [0.29, 0.717) is 23.7 Å². The number of hydrogen-bond acceptors (Lipinski definition) is 3. The fourth-order valence-corrected chi connectivity index (χ4v) is 2.97. The molecule has 0 amide bonds. The van der Waals surface area contributed by atoms with Gasteiger partial charge in [0.2, 0.25) is 5.95 Å². The van der Waals surface area contributed by atoms with Gasteiger partial charge in [-0.2, -0.15) is 13.2 Å². The highest BCUT2D eigenvalue weighted by molar-refractivity contribution is 5.78. The summed E-state index contributed by atoms with van der Waals surface area (Å²) < 4.78 is 38.5. The molecule has 7 heteroatoms. The number of anilines is 1. The number of hydrogen-bond donors (Lipinski definition) is 2. The Morgan fingerprint density at radius 1 is 1.23 bits per heavy atom. The van der Waals surface area contributed by atoms with Crippen LogP contribution in [0.15, 0.2) is 29.1 Å². The van der Waals surface area contributed by atoms with E-state index < -0.39 is 12.1 Å². The van der Waals surface area contributed by atoms with Crippen molar-refractivity contribution in [3.63, 3.8) is 0 Å². The SMILES string of the molecule is O=c1[nH]c(N[C@@H]2CCC[C@@H](C(F)(F)F)C2)nc2ccccc12. The summed E-state index contributed by atoms with van der Waals surface area (Å²) in [5, 5.41) is 3.41. The van der Waals surface area contributed by atoms with Crippen molar-refractivity contribution in [2.45, 2.75) is 37.9 Å². The molecule has 2 aromatic rings. The lowest BCUT2D eigenvalue weighted by molar-refractivity contribution is -0.182. The topological polar surface area (TPSA) is 57.8 Å². The first kappa shape index (κ1) is 14.9. The summed E-state index contributed by atoms with van der Waals surface area (Å²) in [4.78, 5) is 18.8. The second-order valence-corrected chi connectivity index (χ2v) is 5.68. The van der Waals surface area contributed by atoms with Gasteiger partial charge in [-0.1, -0.05) is 18.6 Å². The number of rotatable bonds is 2. The Hall–Kier alpha value is -2.05. The van der Waals surface area contributed by atoms with Crippen molar-refractivity contribution in [3.8, 4) is 0 Å². The second-order valence-electron chi connectivity index (χ2n) is 5.68. The molecular formula is C15H16F3N3O. The predicted molar refractivity (Wildman–Crippen MR) is 77.8 cm³/mol. The number of aromatic nitrogens is 2. The number of H-pyrrole nitrogens is 1. The van der Waals surface area contributed by atoms with Gasteiger partial charge < -0.3 is 5.32 Å². The van der Waals surface area contributed by atoms with E-state index in [1.54, 1.807) is 24.3 Å². The zero-order valence-electron chi connectivity index (χ0n) is 11.8. The third-order valence-corrected chi connectivity index (χ3v) is 4.09. The Morgan fingerprint density at radius 3 is 2.77 bits per heavy atom. The smallest absolute Gasteiger partial charge is 0.353 e. The van der Waals surface area contributed by atoms with Gasteiger partial charge in [-0.3, -0.25) is 9.78 Å².